The summed E-state index contributed by atoms with van der Waals surface area (Å²) in [5.41, 5.74) is 7.90. The number of amides is 2. The van der Waals surface area contributed by atoms with Gasteiger partial charge in [0.1, 0.15) is 5.69 Å². The molecule has 4 rings (SSSR count). The summed E-state index contributed by atoms with van der Waals surface area (Å²) in [6, 6.07) is 11.1. The summed E-state index contributed by atoms with van der Waals surface area (Å²) >= 11 is 1.11. The van der Waals surface area contributed by atoms with E-state index in [1.165, 1.54) is 5.38 Å². The number of hydrogen-bond acceptors (Lipinski definition) is 7. The number of carbonyl (C=O) groups excluding carboxylic acids is 2. The highest BCUT2D eigenvalue weighted by molar-refractivity contribution is 7.14. The lowest BCUT2D eigenvalue weighted by Gasteiger charge is -2.06. The molecular formula is C18H13N5O3S. The van der Waals surface area contributed by atoms with Crippen LogP contribution in [0.3, 0.4) is 0 Å². The Labute approximate surface area is 157 Å². The van der Waals surface area contributed by atoms with Crippen LogP contribution in [-0.2, 0) is 0 Å². The Morgan fingerprint density at radius 1 is 1.19 bits per heavy atom. The highest BCUT2D eigenvalue weighted by atomic mass is 32.1. The molecule has 3 N–H and O–H groups in total. The summed E-state index contributed by atoms with van der Waals surface area (Å²) in [5.74, 6) is -1.06. The minimum absolute atomic E-state index is 0.0984. The van der Waals surface area contributed by atoms with Gasteiger partial charge in [-0.15, -0.1) is 11.3 Å². The molecule has 0 aliphatic heterocycles. The van der Waals surface area contributed by atoms with E-state index >= 15 is 0 Å². The molecule has 0 saturated carbocycles. The smallest absolute Gasteiger partial charge is 0.268 e. The molecule has 0 aliphatic rings. The van der Waals surface area contributed by atoms with Crippen molar-refractivity contribution in [3.8, 4) is 11.3 Å². The maximum absolute atomic E-state index is 12.9. The fourth-order valence-corrected chi connectivity index (χ4v) is 3.33. The number of hydrogen-bond donors (Lipinski definition) is 2. The zero-order valence-electron chi connectivity index (χ0n) is 14.1. The van der Waals surface area contributed by atoms with Crippen molar-refractivity contribution in [3.05, 3.63) is 58.7 Å². The Morgan fingerprint density at radius 2 is 1.96 bits per heavy atom. The topological polar surface area (TPSA) is 124 Å². The van der Waals surface area contributed by atoms with Crippen LogP contribution in [0.5, 0.6) is 0 Å². The molecule has 0 spiro atoms. The summed E-state index contributed by atoms with van der Waals surface area (Å²) in [4.78, 5) is 32.5. The number of nitrogens with zero attached hydrogens (tertiary/aromatic N) is 3. The van der Waals surface area contributed by atoms with Crippen molar-refractivity contribution in [2.45, 2.75) is 6.92 Å². The van der Waals surface area contributed by atoms with Crippen LogP contribution in [0.4, 0.5) is 5.13 Å². The minimum atomic E-state index is -0.653. The van der Waals surface area contributed by atoms with E-state index < -0.39 is 11.8 Å². The quantitative estimate of drug-likeness (QED) is 0.562. The molecule has 8 nitrogen and oxygen atoms in total. The Hall–Kier alpha value is -3.59. The molecular weight excluding hydrogens is 366 g/mol. The molecule has 3 heterocycles. The highest BCUT2D eigenvalue weighted by Gasteiger charge is 2.20. The average Bonchev–Trinajstić information content (AvgIpc) is 3.29. The van der Waals surface area contributed by atoms with E-state index in [-0.39, 0.29) is 16.5 Å². The second-order valence-corrected chi connectivity index (χ2v) is 6.58. The molecule has 0 bridgehead atoms. The van der Waals surface area contributed by atoms with Gasteiger partial charge in [0.15, 0.2) is 5.13 Å². The maximum Gasteiger partial charge on any atom is 0.268 e. The van der Waals surface area contributed by atoms with Crippen LogP contribution in [0.25, 0.3) is 22.4 Å². The van der Waals surface area contributed by atoms with Gasteiger partial charge >= 0.3 is 0 Å². The SMILES string of the molecule is Cc1noc2nc(-c3ccccc3)cc(C(=O)Nc3nc(C(N)=O)cs3)c12. The lowest BCUT2D eigenvalue weighted by atomic mass is 10.1. The van der Waals surface area contributed by atoms with Gasteiger partial charge in [-0.1, -0.05) is 35.5 Å². The average molecular weight is 379 g/mol. The fraction of sp³-hybridized carbons (Fsp3) is 0.0556. The van der Waals surface area contributed by atoms with Gasteiger partial charge in [-0.2, -0.15) is 0 Å². The van der Waals surface area contributed by atoms with Crippen molar-refractivity contribution < 1.29 is 14.1 Å². The first-order valence-electron chi connectivity index (χ1n) is 7.92. The molecule has 4 aromatic rings. The lowest BCUT2D eigenvalue weighted by molar-refractivity contribution is 0.0992. The number of fused-ring (bicyclic) bond motifs is 1. The normalized spacial score (nSPS) is 10.9. The Bertz CT molecular complexity index is 1170. The number of benzene rings is 1. The van der Waals surface area contributed by atoms with Crippen molar-refractivity contribution in [1.29, 1.82) is 0 Å². The van der Waals surface area contributed by atoms with E-state index in [0.29, 0.717) is 22.3 Å². The van der Waals surface area contributed by atoms with Crippen LogP contribution in [0.2, 0.25) is 0 Å². The number of nitrogens with one attached hydrogen (secondary N) is 1. The van der Waals surface area contributed by atoms with Crippen molar-refractivity contribution >= 4 is 39.4 Å². The number of rotatable bonds is 4. The predicted octanol–water partition coefficient (Wildman–Crippen LogP) is 3.01. The van der Waals surface area contributed by atoms with E-state index in [0.717, 1.165) is 16.9 Å². The molecule has 9 heteroatoms. The molecule has 3 aromatic heterocycles. The molecule has 134 valence electrons. The molecule has 0 fully saturated rings. The fourth-order valence-electron chi connectivity index (χ4n) is 2.64. The van der Waals surface area contributed by atoms with Crippen molar-refractivity contribution in [2.75, 3.05) is 5.32 Å². The van der Waals surface area contributed by atoms with E-state index in [2.05, 4.69) is 20.4 Å². The summed E-state index contributed by atoms with van der Waals surface area (Å²) in [6.07, 6.45) is 0. The number of carbonyl (C=O) groups is 2. The largest absolute Gasteiger partial charge is 0.364 e. The van der Waals surface area contributed by atoms with Gasteiger partial charge in [0.2, 0.25) is 0 Å². The van der Waals surface area contributed by atoms with E-state index in [4.69, 9.17) is 10.3 Å². The van der Waals surface area contributed by atoms with Crippen molar-refractivity contribution in [1.82, 2.24) is 15.1 Å². The summed E-state index contributed by atoms with van der Waals surface area (Å²) < 4.78 is 5.27. The molecule has 0 atom stereocenters. The molecule has 0 radical (unpaired) electrons. The number of primary amides is 1. The zero-order chi connectivity index (χ0) is 19.0. The van der Waals surface area contributed by atoms with Crippen LogP contribution in [0.15, 0.2) is 46.3 Å². The molecule has 1 aromatic carbocycles. The monoisotopic (exact) mass is 379 g/mol. The van der Waals surface area contributed by atoms with E-state index in [9.17, 15) is 9.59 Å². The molecule has 0 unspecified atom stereocenters. The standard InChI is InChI=1S/C18H13N5O3S/c1-9-14-11(16(25)22-18-21-13(8-27-18)15(19)24)7-12(20-17(14)26-23-9)10-5-3-2-4-6-10/h2-8H,1H3,(H2,19,24)(H,21,22,25). The van der Waals surface area contributed by atoms with Crippen molar-refractivity contribution in [2.24, 2.45) is 5.73 Å². The molecule has 27 heavy (non-hydrogen) atoms. The first-order valence-corrected chi connectivity index (χ1v) is 8.80. The zero-order valence-corrected chi connectivity index (χ0v) is 14.9. The van der Waals surface area contributed by atoms with Gasteiger partial charge in [0.25, 0.3) is 17.5 Å². The van der Waals surface area contributed by atoms with Gasteiger partial charge < -0.3 is 10.3 Å². The number of nitrogens with two attached hydrogens (primary N) is 1. The number of anilines is 1. The van der Waals surface area contributed by atoms with Gasteiger partial charge in [-0.25, -0.2) is 9.97 Å². The van der Waals surface area contributed by atoms with Gasteiger partial charge in [-0.05, 0) is 13.0 Å². The highest BCUT2D eigenvalue weighted by Crippen LogP contribution is 2.28. The minimum Gasteiger partial charge on any atom is -0.364 e. The first kappa shape index (κ1) is 16.9. The van der Waals surface area contributed by atoms with Gasteiger partial charge in [0, 0.05) is 10.9 Å². The first-order chi connectivity index (χ1) is 13.0. The molecule has 2 amide bonds. The van der Waals surface area contributed by atoms with Crippen LogP contribution < -0.4 is 11.1 Å². The maximum atomic E-state index is 12.9. The number of thiazole rings is 1. The molecule has 0 saturated heterocycles. The van der Waals surface area contributed by atoms with Crippen LogP contribution in [0, 0.1) is 6.92 Å². The van der Waals surface area contributed by atoms with Crippen LogP contribution in [-0.4, -0.2) is 26.9 Å². The van der Waals surface area contributed by atoms with E-state index in [1.54, 1.807) is 13.0 Å². The van der Waals surface area contributed by atoms with E-state index in [1.807, 2.05) is 30.3 Å². The Balaban J connectivity index is 1.77. The Morgan fingerprint density at radius 3 is 2.67 bits per heavy atom. The van der Waals surface area contributed by atoms with Crippen LogP contribution in [0.1, 0.15) is 26.5 Å². The third-order valence-corrected chi connectivity index (χ3v) is 4.67. The summed E-state index contributed by atoms with van der Waals surface area (Å²) in [7, 11) is 0. The number of pyridine rings is 1. The third kappa shape index (κ3) is 3.15. The van der Waals surface area contributed by atoms with Gasteiger partial charge in [0.05, 0.1) is 22.3 Å². The van der Waals surface area contributed by atoms with Gasteiger partial charge in [-0.3, -0.25) is 14.9 Å². The lowest BCUT2D eigenvalue weighted by Crippen LogP contribution is -2.14. The number of aryl methyl sites for hydroxylation is 1. The summed E-state index contributed by atoms with van der Waals surface area (Å²) in [6.45, 7) is 1.74. The Kier molecular flexibility index (Phi) is 4.13. The van der Waals surface area contributed by atoms with Crippen molar-refractivity contribution in [3.63, 3.8) is 0 Å². The third-order valence-electron chi connectivity index (χ3n) is 3.91. The second-order valence-electron chi connectivity index (χ2n) is 5.73. The summed E-state index contributed by atoms with van der Waals surface area (Å²) in [5, 5.41) is 8.89. The second kappa shape index (κ2) is 6.61. The number of aromatic nitrogens is 3. The predicted molar refractivity (Wildman–Crippen MR) is 101 cm³/mol. The molecule has 0 aliphatic carbocycles. The van der Waals surface area contributed by atoms with Crippen LogP contribution >= 0.6 is 11.3 Å².